The summed E-state index contributed by atoms with van der Waals surface area (Å²) in [6.45, 7) is 5.48. The van der Waals surface area contributed by atoms with Crippen LogP contribution in [0.2, 0.25) is 0 Å². The Kier molecular flexibility index (Phi) is 5.22. The Labute approximate surface area is 122 Å². The smallest absolute Gasteiger partial charge is 0.110 e. The summed E-state index contributed by atoms with van der Waals surface area (Å²) in [7, 11) is 3.92. The van der Waals surface area contributed by atoms with Gasteiger partial charge in [0.15, 0.2) is 0 Å². The van der Waals surface area contributed by atoms with Gasteiger partial charge in [0.1, 0.15) is 5.82 Å². The number of aryl methyl sites for hydroxylation is 1. The third-order valence-corrected chi connectivity index (χ3v) is 4.91. The van der Waals surface area contributed by atoms with Gasteiger partial charge >= 0.3 is 0 Å². The van der Waals surface area contributed by atoms with E-state index in [1.54, 1.807) is 0 Å². The van der Waals surface area contributed by atoms with Gasteiger partial charge in [0, 0.05) is 38.5 Å². The van der Waals surface area contributed by atoms with Gasteiger partial charge in [0.25, 0.3) is 0 Å². The molecule has 1 aliphatic rings. The van der Waals surface area contributed by atoms with E-state index in [4.69, 9.17) is 4.74 Å². The van der Waals surface area contributed by atoms with Crippen LogP contribution < -0.4 is 5.32 Å². The number of methoxy groups -OCH3 is 1. The van der Waals surface area contributed by atoms with Gasteiger partial charge in [-0.15, -0.1) is 0 Å². The van der Waals surface area contributed by atoms with Gasteiger partial charge in [0.2, 0.25) is 0 Å². The van der Waals surface area contributed by atoms with E-state index in [-0.39, 0.29) is 5.60 Å². The van der Waals surface area contributed by atoms with Gasteiger partial charge in [-0.05, 0) is 32.7 Å². The highest BCUT2D eigenvalue weighted by Gasteiger charge is 2.41. The van der Waals surface area contributed by atoms with E-state index < -0.39 is 0 Å². The van der Waals surface area contributed by atoms with Gasteiger partial charge in [-0.2, -0.15) is 0 Å². The van der Waals surface area contributed by atoms with E-state index in [0.29, 0.717) is 6.04 Å². The van der Waals surface area contributed by atoms with Crippen LogP contribution in [0.15, 0.2) is 12.4 Å². The number of nitrogens with one attached hydrogen (secondary N) is 1. The third kappa shape index (κ3) is 3.07. The summed E-state index contributed by atoms with van der Waals surface area (Å²) in [6, 6.07) is 0.322. The number of hydrogen-bond acceptors (Lipinski definition) is 3. The Morgan fingerprint density at radius 3 is 3.00 bits per heavy atom. The molecular formula is C16H29N3O. The number of likely N-dealkylation sites (N-methyl/N-ethyl adjacent to an activating group) is 1. The van der Waals surface area contributed by atoms with Crippen molar-refractivity contribution >= 4 is 0 Å². The first-order valence-corrected chi connectivity index (χ1v) is 7.87. The highest BCUT2D eigenvalue weighted by Crippen LogP contribution is 2.38. The van der Waals surface area contributed by atoms with Crippen molar-refractivity contribution in [2.24, 2.45) is 5.92 Å². The Balaban J connectivity index is 2.17. The number of hydrogen-bond donors (Lipinski definition) is 1. The lowest BCUT2D eigenvalue weighted by atomic mass is 9.73. The molecule has 1 N–H and O–H groups in total. The van der Waals surface area contributed by atoms with E-state index in [0.717, 1.165) is 37.5 Å². The van der Waals surface area contributed by atoms with Crippen molar-refractivity contribution in [2.75, 3.05) is 14.2 Å². The first-order chi connectivity index (χ1) is 9.65. The number of imidazole rings is 1. The van der Waals surface area contributed by atoms with Crippen LogP contribution in [0.5, 0.6) is 0 Å². The highest BCUT2D eigenvalue weighted by atomic mass is 16.5. The first-order valence-electron chi connectivity index (χ1n) is 7.87. The zero-order valence-electron chi connectivity index (χ0n) is 13.4. The van der Waals surface area contributed by atoms with Crippen molar-refractivity contribution in [3.8, 4) is 0 Å². The molecule has 1 heterocycles. The molecule has 114 valence electrons. The van der Waals surface area contributed by atoms with Gasteiger partial charge in [-0.1, -0.05) is 19.8 Å². The molecule has 0 amide bonds. The molecule has 4 heteroatoms. The fourth-order valence-electron chi connectivity index (χ4n) is 3.74. The minimum absolute atomic E-state index is 0.0447. The molecule has 3 unspecified atom stereocenters. The zero-order valence-corrected chi connectivity index (χ0v) is 13.4. The average molecular weight is 279 g/mol. The molecule has 0 radical (unpaired) electrons. The van der Waals surface area contributed by atoms with Crippen molar-refractivity contribution in [3.05, 3.63) is 18.2 Å². The van der Waals surface area contributed by atoms with Crippen molar-refractivity contribution in [1.82, 2.24) is 14.9 Å². The lowest BCUT2D eigenvalue weighted by Crippen LogP contribution is -2.54. The SMILES string of the molecule is CCn1ccnc1CC(NC)C1(OC)CCCC(C)C1. The lowest BCUT2D eigenvalue weighted by Gasteiger charge is -2.44. The maximum absolute atomic E-state index is 6.02. The van der Waals surface area contributed by atoms with Crippen LogP contribution in [0, 0.1) is 5.92 Å². The Bertz CT molecular complexity index is 418. The second-order valence-corrected chi connectivity index (χ2v) is 6.15. The summed E-state index contributed by atoms with van der Waals surface area (Å²) < 4.78 is 8.25. The summed E-state index contributed by atoms with van der Waals surface area (Å²) in [5, 5.41) is 3.50. The van der Waals surface area contributed by atoms with Crippen LogP contribution in [0.1, 0.15) is 45.4 Å². The summed E-state index contributed by atoms with van der Waals surface area (Å²) in [5.41, 5.74) is -0.0447. The van der Waals surface area contributed by atoms with Crippen molar-refractivity contribution in [2.45, 2.75) is 64.1 Å². The lowest BCUT2D eigenvalue weighted by molar-refractivity contribution is -0.0780. The van der Waals surface area contributed by atoms with E-state index in [1.807, 2.05) is 20.4 Å². The molecule has 4 nitrogen and oxygen atoms in total. The summed E-state index contributed by atoms with van der Waals surface area (Å²) in [5.74, 6) is 1.90. The van der Waals surface area contributed by atoms with Crippen LogP contribution >= 0.6 is 0 Å². The predicted octanol–water partition coefficient (Wildman–Crippen LogP) is 2.63. The molecule has 0 aromatic carbocycles. The van der Waals surface area contributed by atoms with Crippen LogP contribution in [0.4, 0.5) is 0 Å². The molecule has 20 heavy (non-hydrogen) atoms. The number of rotatable bonds is 6. The van der Waals surface area contributed by atoms with Crippen molar-refractivity contribution < 1.29 is 4.74 Å². The molecule has 1 aromatic heterocycles. The highest BCUT2D eigenvalue weighted by molar-refractivity contribution is 5.03. The maximum atomic E-state index is 6.02. The second-order valence-electron chi connectivity index (χ2n) is 6.15. The predicted molar refractivity (Wildman–Crippen MR) is 81.8 cm³/mol. The Morgan fingerprint density at radius 1 is 1.60 bits per heavy atom. The van der Waals surface area contributed by atoms with E-state index in [1.165, 1.54) is 12.8 Å². The molecule has 0 spiro atoms. The largest absolute Gasteiger partial charge is 0.377 e. The maximum Gasteiger partial charge on any atom is 0.110 e. The number of aromatic nitrogens is 2. The van der Waals surface area contributed by atoms with E-state index in [9.17, 15) is 0 Å². The quantitative estimate of drug-likeness (QED) is 0.870. The zero-order chi connectivity index (χ0) is 14.6. The monoisotopic (exact) mass is 279 g/mol. The fourth-order valence-corrected chi connectivity index (χ4v) is 3.74. The van der Waals surface area contributed by atoms with Crippen LogP contribution in [0.25, 0.3) is 0 Å². The van der Waals surface area contributed by atoms with E-state index in [2.05, 4.69) is 34.9 Å². The van der Waals surface area contributed by atoms with Crippen LogP contribution in [0.3, 0.4) is 0 Å². The van der Waals surface area contributed by atoms with E-state index >= 15 is 0 Å². The molecule has 1 saturated carbocycles. The minimum Gasteiger partial charge on any atom is -0.377 e. The Hall–Kier alpha value is -0.870. The normalized spacial score (nSPS) is 28.5. The first kappa shape index (κ1) is 15.5. The van der Waals surface area contributed by atoms with Gasteiger partial charge in [0.05, 0.1) is 5.60 Å². The van der Waals surface area contributed by atoms with Crippen LogP contribution in [-0.4, -0.2) is 35.4 Å². The van der Waals surface area contributed by atoms with Crippen molar-refractivity contribution in [3.63, 3.8) is 0 Å². The van der Waals surface area contributed by atoms with Gasteiger partial charge in [-0.3, -0.25) is 0 Å². The van der Waals surface area contributed by atoms with Gasteiger partial charge < -0.3 is 14.6 Å². The van der Waals surface area contributed by atoms with Crippen LogP contribution in [-0.2, 0) is 17.7 Å². The molecule has 2 rings (SSSR count). The molecule has 0 saturated heterocycles. The molecule has 1 aliphatic carbocycles. The molecule has 0 bridgehead atoms. The third-order valence-electron chi connectivity index (χ3n) is 4.91. The summed E-state index contributed by atoms with van der Waals surface area (Å²) >= 11 is 0. The van der Waals surface area contributed by atoms with Crippen molar-refractivity contribution in [1.29, 1.82) is 0 Å². The number of ether oxygens (including phenoxy) is 1. The topological polar surface area (TPSA) is 39.1 Å². The molecule has 1 fully saturated rings. The molecular weight excluding hydrogens is 250 g/mol. The molecule has 0 aliphatic heterocycles. The average Bonchev–Trinajstić information content (AvgIpc) is 2.91. The number of nitrogens with zero attached hydrogens (tertiary/aromatic N) is 2. The second kappa shape index (κ2) is 6.72. The minimum atomic E-state index is -0.0447. The molecule has 3 atom stereocenters. The fraction of sp³-hybridized carbons (Fsp3) is 0.812. The standard InChI is InChI=1S/C16H29N3O/c1-5-19-10-9-18-15(19)11-14(17-3)16(20-4)8-6-7-13(2)12-16/h9-10,13-14,17H,5-8,11-12H2,1-4H3. The summed E-state index contributed by atoms with van der Waals surface area (Å²) in [4.78, 5) is 4.52. The van der Waals surface area contributed by atoms with Gasteiger partial charge in [-0.25, -0.2) is 4.98 Å². The molecule has 1 aromatic rings. The Morgan fingerprint density at radius 2 is 2.40 bits per heavy atom. The summed E-state index contributed by atoms with van der Waals surface area (Å²) in [6.07, 6.45) is 9.76.